The number of hydrogen-bond donors (Lipinski definition) is 0. The number of aromatic nitrogens is 1. The molecule has 3 heteroatoms. The lowest BCUT2D eigenvalue weighted by Gasteiger charge is -2.33. The molecule has 2 heterocycles. The van der Waals surface area contributed by atoms with Gasteiger partial charge in [0.1, 0.15) is 5.15 Å². The number of rotatable bonds is 3. The van der Waals surface area contributed by atoms with Crippen LogP contribution in [0.2, 0.25) is 5.15 Å². The monoisotopic (exact) mass is 286 g/mol. The fourth-order valence-corrected chi connectivity index (χ4v) is 3.11. The van der Waals surface area contributed by atoms with Gasteiger partial charge in [0.25, 0.3) is 0 Å². The van der Waals surface area contributed by atoms with Crippen LogP contribution in [-0.4, -0.2) is 16.4 Å². The summed E-state index contributed by atoms with van der Waals surface area (Å²) in [4.78, 5) is 7.05. The number of nitrogens with zero attached hydrogens (tertiary/aromatic N) is 2. The fraction of sp³-hybridized carbons (Fsp3) is 0.353. The molecule has 0 saturated carbocycles. The lowest BCUT2D eigenvalue weighted by molar-refractivity contribution is 0.216. The van der Waals surface area contributed by atoms with Crippen LogP contribution < -0.4 is 0 Å². The van der Waals surface area contributed by atoms with Gasteiger partial charge in [0.05, 0.1) is 5.69 Å². The van der Waals surface area contributed by atoms with Gasteiger partial charge in [-0.2, -0.15) is 0 Å². The topological polar surface area (TPSA) is 16.1 Å². The molecule has 1 aliphatic heterocycles. The van der Waals surface area contributed by atoms with Crippen LogP contribution in [0.1, 0.15) is 36.1 Å². The SMILES string of the molecule is CCC1CN(Cc2ccccc2)Cc2ccc(Cl)nc21. The average molecular weight is 287 g/mol. The van der Waals surface area contributed by atoms with Crippen LogP contribution in [0.4, 0.5) is 0 Å². The third-order valence-corrected chi connectivity index (χ3v) is 4.19. The molecular formula is C17H19ClN2. The highest BCUT2D eigenvalue weighted by Gasteiger charge is 2.25. The van der Waals surface area contributed by atoms with Crippen molar-refractivity contribution in [2.45, 2.75) is 32.4 Å². The quantitative estimate of drug-likeness (QED) is 0.785. The van der Waals surface area contributed by atoms with Crippen LogP contribution in [0, 0.1) is 0 Å². The summed E-state index contributed by atoms with van der Waals surface area (Å²) in [5.74, 6) is 0.487. The predicted octanol–water partition coefficient (Wildman–Crippen LogP) is 4.24. The van der Waals surface area contributed by atoms with Crippen molar-refractivity contribution in [3.8, 4) is 0 Å². The summed E-state index contributed by atoms with van der Waals surface area (Å²) in [6.07, 6.45) is 1.10. The minimum absolute atomic E-state index is 0.487. The summed E-state index contributed by atoms with van der Waals surface area (Å²) in [6, 6.07) is 14.7. The van der Waals surface area contributed by atoms with E-state index in [4.69, 9.17) is 11.6 Å². The third-order valence-electron chi connectivity index (χ3n) is 3.98. The highest BCUT2D eigenvalue weighted by Crippen LogP contribution is 2.30. The van der Waals surface area contributed by atoms with Crippen LogP contribution in [0.25, 0.3) is 0 Å². The minimum Gasteiger partial charge on any atom is -0.294 e. The highest BCUT2D eigenvalue weighted by molar-refractivity contribution is 6.29. The Kier molecular flexibility index (Phi) is 4.04. The number of fused-ring (bicyclic) bond motifs is 1. The van der Waals surface area contributed by atoms with Gasteiger partial charge in [-0.3, -0.25) is 4.90 Å². The molecule has 0 amide bonds. The van der Waals surface area contributed by atoms with Crippen molar-refractivity contribution in [1.29, 1.82) is 0 Å². The van der Waals surface area contributed by atoms with Crippen molar-refractivity contribution in [3.05, 3.63) is 64.4 Å². The van der Waals surface area contributed by atoms with Gasteiger partial charge in [-0.1, -0.05) is 54.9 Å². The first-order valence-electron chi connectivity index (χ1n) is 7.18. The van der Waals surface area contributed by atoms with E-state index >= 15 is 0 Å². The number of benzene rings is 1. The molecule has 1 aromatic carbocycles. The Morgan fingerprint density at radius 1 is 1.20 bits per heavy atom. The lowest BCUT2D eigenvalue weighted by Crippen LogP contribution is -2.33. The van der Waals surface area contributed by atoms with Crippen molar-refractivity contribution in [1.82, 2.24) is 9.88 Å². The first-order chi connectivity index (χ1) is 9.76. The first-order valence-corrected chi connectivity index (χ1v) is 7.55. The Labute approximate surface area is 125 Å². The van der Waals surface area contributed by atoms with Gasteiger partial charge in [0.2, 0.25) is 0 Å². The normalized spacial score (nSPS) is 18.8. The summed E-state index contributed by atoms with van der Waals surface area (Å²) in [6.45, 7) is 5.25. The van der Waals surface area contributed by atoms with E-state index in [-0.39, 0.29) is 0 Å². The summed E-state index contributed by atoms with van der Waals surface area (Å²) in [7, 11) is 0. The highest BCUT2D eigenvalue weighted by atomic mass is 35.5. The smallest absolute Gasteiger partial charge is 0.129 e. The Bertz CT molecular complexity index is 583. The molecular weight excluding hydrogens is 268 g/mol. The van der Waals surface area contributed by atoms with E-state index in [0.717, 1.165) is 26.1 Å². The van der Waals surface area contributed by atoms with Gasteiger partial charge < -0.3 is 0 Å². The molecule has 0 aliphatic carbocycles. The van der Waals surface area contributed by atoms with Crippen molar-refractivity contribution in [3.63, 3.8) is 0 Å². The maximum absolute atomic E-state index is 6.04. The molecule has 0 saturated heterocycles. The fourth-order valence-electron chi connectivity index (χ4n) is 2.95. The minimum atomic E-state index is 0.487. The van der Waals surface area contributed by atoms with Gasteiger partial charge >= 0.3 is 0 Å². The van der Waals surface area contributed by atoms with Gasteiger partial charge in [0.15, 0.2) is 0 Å². The van der Waals surface area contributed by atoms with E-state index in [0.29, 0.717) is 11.1 Å². The third kappa shape index (κ3) is 2.87. The van der Waals surface area contributed by atoms with Crippen molar-refractivity contribution >= 4 is 11.6 Å². The Morgan fingerprint density at radius 3 is 2.75 bits per heavy atom. The molecule has 2 nitrogen and oxygen atoms in total. The molecule has 1 unspecified atom stereocenters. The summed E-state index contributed by atoms with van der Waals surface area (Å²) < 4.78 is 0. The van der Waals surface area contributed by atoms with Crippen LogP contribution in [-0.2, 0) is 13.1 Å². The zero-order valence-corrected chi connectivity index (χ0v) is 12.5. The van der Waals surface area contributed by atoms with E-state index in [2.05, 4.69) is 53.2 Å². The Hall–Kier alpha value is -1.38. The molecule has 3 rings (SSSR count). The molecule has 0 spiro atoms. The largest absolute Gasteiger partial charge is 0.294 e. The molecule has 0 bridgehead atoms. The number of halogens is 1. The molecule has 2 aromatic rings. The van der Waals surface area contributed by atoms with Crippen molar-refractivity contribution < 1.29 is 0 Å². The molecule has 0 radical (unpaired) electrons. The standard InChI is InChI=1S/C17H19ClN2/c1-2-14-11-20(10-13-6-4-3-5-7-13)12-15-8-9-16(18)19-17(14)15/h3-9,14H,2,10-12H2,1H3. The second-order valence-electron chi connectivity index (χ2n) is 5.44. The van der Waals surface area contributed by atoms with E-state index in [1.54, 1.807) is 0 Å². The van der Waals surface area contributed by atoms with Crippen LogP contribution in [0.3, 0.4) is 0 Å². The average Bonchev–Trinajstić information content (AvgIpc) is 2.48. The van der Waals surface area contributed by atoms with E-state index in [1.165, 1.54) is 16.8 Å². The maximum atomic E-state index is 6.04. The Balaban J connectivity index is 1.82. The molecule has 1 atom stereocenters. The maximum Gasteiger partial charge on any atom is 0.129 e. The van der Waals surface area contributed by atoms with Crippen LogP contribution >= 0.6 is 11.6 Å². The molecule has 20 heavy (non-hydrogen) atoms. The second-order valence-corrected chi connectivity index (χ2v) is 5.83. The summed E-state index contributed by atoms with van der Waals surface area (Å²) >= 11 is 6.04. The van der Waals surface area contributed by atoms with E-state index in [1.807, 2.05) is 6.07 Å². The zero-order chi connectivity index (χ0) is 13.9. The van der Waals surface area contributed by atoms with Gasteiger partial charge in [0, 0.05) is 25.6 Å². The molecule has 0 fully saturated rings. The second kappa shape index (κ2) is 5.94. The molecule has 104 valence electrons. The van der Waals surface area contributed by atoms with Crippen molar-refractivity contribution in [2.24, 2.45) is 0 Å². The predicted molar refractivity (Wildman–Crippen MR) is 82.8 cm³/mol. The molecule has 0 N–H and O–H groups in total. The van der Waals surface area contributed by atoms with Crippen LogP contribution in [0.15, 0.2) is 42.5 Å². The van der Waals surface area contributed by atoms with Crippen LogP contribution in [0.5, 0.6) is 0 Å². The van der Waals surface area contributed by atoms with E-state index in [9.17, 15) is 0 Å². The zero-order valence-electron chi connectivity index (χ0n) is 11.7. The lowest BCUT2D eigenvalue weighted by atomic mass is 9.92. The van der Waals surface area contributed by atoms with Gasteiger partial charge in [-0.05, 0) is 23.6 Å². The summed E-state index contributed by atoms with van der Waals surface area (Å²) in [5, 5.41) is 0.610. The molecule has 1 aromatic heterocycles. The number of pyridine rings is 1. The summed E-state index contributed by atoms with van der Waals surface area (Å²) in [5.41, 5.74) is 3.89. The molecule has 1 aliphatic rings. The van der Waals surface area contributed by atoms with Crippen molar-refractivity contribution in [2.75, 3.05) is 6.54 Å². The van der Waals surface area contributed by atoms with Gasteiger partial charge in [-0.25, -0.2) is 4.98 Å². The number of hydrogen-bond acceptors (Lipinski definition) is 2. The first kappa shape index (κ1) is 13.6. The van der Waals surface area contributed by atoms with E-state index < -0.39 is 0 Å². The van der Waals surface area contributed by atoms with Gasteiger partial charge in [-0.15, -0.1) is 0 Å². The Morgan fingerprint density at radius 2 is 2.00 bits per heavy atom.